The molecule has 1 aliphatic rings. The van der Waals surface area contributed by atoms with Crippen molar-refractivity contribution in [3.05, 3.63) is 42.2 Å². The molecule has 0 radical (unpaired) electrons. The standard InChI is InChI=1S/C17H22N4/c1-13(2)16-15(21-10-8-18-9-11-21)12-19-17(20-16)14-6-4-3-5-7-14/h3-7,12-13,18H,8-11H2,1-2H3. The number of piperazine rings is 1. The number of benzene rings is 1. The van der Waals surface area contributed by atoms with Crippen LogP contribution in [0.2, 0.25) is 0 Å². The number of aromatic nitrogens is 2. The van der Waals surface area contributed by atoms with E-state index in [1.165, 1.54) is 5.69 Å². The van der Waals surface area contributed by atoms with Crippen LogP contribution in [0.3, 0.4) is 0 Å². The number of nitrogens with zero attached hydrogens (tertiary/aromatic N) is 3. The van der Waals surface area contributed by atoms with Crippen molar-refractivity contribution in [1.29, 1.82) is 0 Å². The summed E-state index contributed by atoms with van der Waals surface area (Å²) in [4.78, 5) is 11.8. The van der Waals surface area contributed by atoms with Gasteiger partial charge in [-0.05, 0) is 5.92 Å². The van der Waals surface area contributed by atoms with Crippen LogP contribution in [0.4, 0.5) is 5.69 Å². The summed E-state index contributed by atoms with van der Waals surface area (Å²) in [5.41, 5.74) is 3.41. The van der Waals surface area contributed by atoms with Crippen molar-refractivity contribution in [2.45, 2.75) is 19.8 Å². The minimum atomic E-state index is 0.389. The molecule has 0 saturated carbocycles. The lowest BCUT2D eigenvalue weighted by Crippen LogP contribution is -2.44. The molecule has 0 atom stereocenters. The Bertz CT molecular complexity index is 589. The lowest BCUT2D eigenvalue weighted by Gasteiger charge is -2.31. The molecule has 1 aliphatic heterocycles. The zero-order chi connectivity index (χ0) is 14.7. The number of nitrogens with one attached hydrogen (secondary N) is 1. The molecular weight excluding hydrogens is 260 g/mol. The van der Waals surface area contributed by atoms with Crippen LogP contribution < -0.4 is 10.2 Å². The maximum absolute atomic E-state index is 4.84. The number of anilines is 1. The smallest absolute Gasteiger partial charge is 0.159 e. The molecule has 0 bridgehead atoms. The van der Waals surface area contributed by atoms with Gasteiger partial charge in [0.05, 0.1) is 17.6 Å². The summed E-state index contributed by atoms with van der Waals surface area (Å²) in [5, 5.41) is 3.39. The quantitative estimate of drug-likeness (QED) is 0.939. The van der Waals surface area contributed by atoms with Crippen LogP contribution >= 0.6 is 0 Å². The van der Waals surface area contributed by atoms with Gasteiger partial charge in [-0.15, -0.1) is 0 Å². The summed E-state index contributed by atoms with van der Waals surface area (Å²) >= 11 is 0. The highest BCUT2D eigenvalue weighted by Crippen LogP contribution is 2.27. The van der Waals surface area contributed by atoms with Gasteiger partial charge in [-0.25, -0.2) is 9.97 Å². The molecule has 0 spiro atoms. The minimum Gasteiger partial charge on any atom is -0.366 e. The van der Waals surface area contributed by atoms with Crippen molar-refractivity contribution in [2.75, 3.05) is 31.1 Å². The summed E-state index contributed by atoms with van der Waals surface area (Å²) in [7, 11) is 0. The topological polar surface area (TPSA) is 41.1 Å². The lowest BCUT2D eigenvalue weighted by atomic mass is 10.1. The average molecular weight is 282 g/mol. The molecule has 4 heteroatoms. The van der Waals surface area contributed by atoms with Crippen molar-refractivity contribution in [2.24, 2.45) is 0 Å². The van der Waals surface area contributed by atoms with Gasteiger partial charge in [-0.2, -0.15) is 0 Å². The molecule has 4 nitrogen and oxygen atoms in total. The van der Waals surface area contributed by atoms with E-state index in [0.29, 0.717) is 5.92 Å². The Morgan fingerprint density at radius 1 is 1.10 bits per heavy atom. The van der Waals surface area contributed by atoms with E-state index in [9.17, 15) is 0 Å². The predicted octanol–water partition coefficient (Wildman–Crippen LogP) is 2.68. The minimum absolute atomic E-state index is 0.389. The molecule has 21 heavy (non-hydrogen) atoms. The number of hydrogen-bond acceptors (Lipinski definition) is 4. The van der Waals surface area contributed by atoms with Gasteiger partial charge in [-0.3, -0.25) is 0 Å². The van der Waals surface area contributed by atoms with E-state index in [1.807, 2.05) is 24.4 Å². The third kappa shape index (κ3) is 3.05. The molecule has 2 aromatic rings. The van der Waals surface area contributed by atoms with Gasteiger partial charge < -0.3 is 10.2 Å². The first-order valence-electron chi connectivity index (χ1n) is 7.63. The predicted molar refractivity (Wildman–Crippen MR) is 86.6 cm³/mol. The van der Waals surface area contributed by atoms with Crippen molar-refractivity contribution in [3.63, 3.8) is 0 Å². The molecule has 1 fully saturated rings. The Kier molecular flexibility index (Phi) is 4.15. The van der Waals surface area contributed by atoms with Crippen LogP contribution in [-0.4, -0.2) is 36.1 Å². The second kappa shape index (κ2) is 6.22. The Labute approximate surface area is 126 Å². The molecule has 1 N–H and O–H groups in total. The molecule has 110 valence electrons. The third-order valence-electron chi connectivity index (χ3n) is 3.83. The first kappa shape index (κ1) is 14.0. The largest absolute Gasteiger partial charge is 0.366 e. The first-order chi connectivity index (χ1) is 10.3. The Balaban J connectivity index is 1.98. The van der Waals surface area contributed by atoms with Crippen molar-refractivity contribution >= 4 is 5.69 Å². The molecule has 1 saturated heterocycles. The van der Waals surface area contributed by atoms with Crippen molar-refractivity contribution in [3.8, 4) is 11.4 Å². The fourth-order valence-corrected chi connectivity index (χ4v) is 2.69. The van der Waals surface area contributed by atoms with Gasteiger partial charge in [-0.1, -0.05) is 44.2 Å². The van der Waals surface area contributed by atoms with Crippen LogP contribution in [-0.2, 0) is 0 Å². The molecule has 1 aromatic carbocycles. The SMILES string of the molecule is CC(C)c1nc(-c2ccccc2)ncc1N1CCNCC1. The van der Waals surface area contributed by atoms with Crippen LogP contribution in [0.5, 0.6) is 0 Å². The van der Waals surface area contributed by atoms with Crippen molar-refractivity contribution < 1.29 is 0 Å². The van der Waals surface area contributed by atoms with Crippen LogP contribution in [0, 0.1) is 0 Å². The molecule has 0 aliphatic carbocycles. The fourth-order valence-electron chi connectivity index (χ4n) is 2.69. The van der Waals surface area contributed by atoms with Gasteiger partial charge >= 0.3 is 0 Å². The number of rotatable bonds is 3. The maximum Gasteiger partial charge on any atom is 0.159 e. The van der Waals surface area contributed by atoms with Crippen LogP contribution in [0.25, 0.3) is 11.4 Å². The highest BCUT2D eigenvalue weighted by atomic mass is 15.2. The Morgan fingerprint density at radius 3 is 2.48 bits per heavy atom. The summed E-state index contributed by atoms with van der Waals surface area (Å²) in [5.74, 6) is 1.21. The summed E-state index contributed by atoms with van der Waals surface area (Å²) in [6, 6.07) is 10.2. The summed E-state index contributed by atoms with van der Waals surface area (Å²) in [6.45, 7) is 8.49. The molecule has 2 heterocycles. The van der Waals surface area contributed by atoms with Crippen LogP contribution in [0.15, 0.2) is 36.5 Å². The highest BCUT2D eigenvalue weighted by molar-refractivity contribution is 5.59. The zero-order valence-corrected chi connectivity index (χ0v) is 12.7. The molecular formula is C17H22N4. The number of hydrogen-bond donors (Lipinski definition) is 1. The second-order valence-electron chi connectivity index (χ2n) is 5.72. The van der Waals surface area contributed by atoms with E-state index >= 15 is 0 Å². The molecule has 0 amide bonds. The zero-order valence-electron chi connectivity index (χ0n) is 12.7. The van der Waals surface area contributed by atoms with E-state index in [1.54, 1.807) is 0 Å². The second-order valence-corrected chi connectivity index (χ2v) is 5.72. The highest BCUT2D eigenvalue weighted by Gasteiger charge is 2.18. The Morgan fingerprint density at radius 2 is 1.81 bits per heavy atom. The van der Waals surface area contributed by atoms with Gasteiger partial charge in [0.25, 0.3) is 0 Å². The average Bonchev–Trinajstić information content (AvgIpc) is 2.56. The van der Waals surface area contributed by atoms with E-state index in [0.717, 1.165) is 43.3 Å². The lowest BCUT2D eigenvalue weighted by molar-refractivity contribution is 0.584. The van der Waals surface area contributed by atoms with Crippen LogP contribution in [0.1, 0.15) is 25.5 Å². The maximum atomic E-state index is 4.84. The third-order valence-corrected chi connectivity index (χ3v) is 3.83. The molecule has 3 rings (SSSR count). The van der Waals surface area contributed by atoms with Gasteiger partial charge in [0.2, 0.25) is 0 Å². The van der Waals surface area contributed by atoms with E-state index in [4.69, 9.17) is 4.98 Å². The fraction of sp³-hybridized carbons (Fsp3) is 0.412. The van der Waals surface area contributed by atoms with E-state index in [-0.39, 0.29) is 0 Å². The van der Waals surface area contributed by atoms with Gasteiger partial charge in [0.15, 0.2) is 5.82 Å². The first-order valence-corrected chi connectivity index (χ1v) is 7.63. The van der Waals surface area contributed by atoms with Gasteiger partial charge in [0, 0.05) is 31.7 Å². The van der Waals surface area contributed by atoms with Crippen molar-refractivity contribution in [1.82, 2.24) is 15.3 Å². The molecule has 0 unspecified atom stereocenters. The molecule has 1 aromatic heterocycles. The summed E-state index contributed by atoms with van der Waals surface area (Å²) in [6.07, 6.45) is 2.00. The van der Waals surface area contributed by atoms with E-state index < -0.39 is 0 Å². The van der Waals surface area contributed by atoms with Gasteiger partial charge in [0.1, 0.15) is 0 Å². The Hall–Kier alpha value is -1.94. The summed E-state index contributed by atoms with van der Waals surface area (Å²) < 4.78 is 0. The normalized spacial score (nSPS) is 15.5. The van der Waals surface area contributed by atoms with E-state index in [2.05, 4.69) is 41.2 Å². The monoisotopic (exact) mass is 282 g/mol.